The molecule has 7 heteroatoms. The molecular weight excluding hydrogens is 572 g/mol. The third-order valence-corrected chi connectivity index (χ3v) is 8.75. The lowest BCUT2D eigenvalue weighted by atomic mass is 9.86. The second-order valence-corrected chi connectivity index (χ2v) is 13.5. The van der Waals surface area contributed by atoms with Gasteiger partial charge in [-0.1, -0.05) is 89.8 Å². The van der Waals surface area contributed by atoms with Crippen molar-refractivity contribution in [1.82, 2.24) is 20.2 Å². The number of aromatic nitrogens is 2. The van der Waals surface area contributed by atoms with Crippen molar-refractivity contribution in [2.45, 2.75) is 90.5 Å². The predicted octanol–water partition coefficient (Wildman–Crippen LogP) is 7.91. The van der Waals surface area contributed by atoms with Gasteiger partial charge < -0.3 is 15.0 Å². The van der Waals surface area contributed by atoms with Crippen LogP contribution < -0.4 is 10.1 Å². The number of fused-ring (bicyclic) bond motifs is 1. The predicted molar refractivity (Wildman–Crippen MR) is 185 cm³/mol. The van der Waals surface area contributed by atoms with E-state index in [1.54, 1.807) is 0 Å². The van der Waals surface area contributed by atoms with E-state index in [4.69, 9.17) is 9.72 Å². The average molecular weight is 621 g/mol. The summed E-state index contributed by atoms with van der Waals surface area (Å²) in [6.07, 6.45) is 10.3. The standard InChI is InChI=1S/C39H48N4O3/c1-5-6-7-8-11-24-46-33-20-21-34-31(26-33)27-40-36(41-34)29-14-12-28(13-15-29)25-35(38(45)43-22-9-10-23-43)42-37(44)30-16-18-32(19-17-30)39(2,3)4/h12-21,26-27,35H,5-11,22-25H2,1-4H3,(H,42,44). The first kappa shape index (κ1) is 33.1. The molecule has 0 aliphatic carbocycles. The number of unbranched alkanes of at least 4 members (excludes halogenated alkanes) is 4. The van der Waals surface area contributed by atoms with E-state index >= 15 is 0 Å². The Kier molecular flexibility index (Phi) is 11.1. The molecule has 242 valence electrons. The van der Waals surface area contributed by atoms with Gasteiger partial charge in [0.1, 0.15) is 11.8 Å². The number of ether oxygens (including phenoxy) is 1. The molecule has 0 spiro atoms. The van der Waals surface area contributed by atoms with Crippen LogP contribution in [-0.4, -0.2) is 52.4 Å². The molecule has 0 saturated carbocycles. The number of nitrogens with zero attached hydrogens (tertiary/aromatic N) is 3. The van der Waals surface area contributed by atoms with E-state index in [1.165, 1.54) is 25.7 Å². The van der Waals surface area contributed by atoms with Gasteiger partial charge in [-0.25, -0.2) is 9.97 Å². The minimum Gasteiger partial charge on any atom is -0.494 e. The highest BCUT2D eigenvalue weighted by atomic mass is 16.5. The number of likely N-dealkylation sites (tertiary alicyclic amines) is 1. The minimum absolute atomic E-state index is 0.00124. The quantitative estimate of drug-likeness (QED) is 0.154. The van der Waals surface area contributed by atoms with Gasteiger partial charge in [-0.15, -0.1) is 0 Å². The monoisotopic (exact) mass is 620 g/mol. The first-order chi connectivity index (χ1) is 22.2. The fraction of sp³-hybridized carbons (Fsp3) is 0.436. The third-order valence-electron chi connectivity index (χ3n) is 8.75. The summed E-state index contributed by atoms with van der Waals surface area (Å²) in [7, 11) is 0. The van der Waals surface area contributed by atoms with Crippen molar-refractivity contribution >= 4 is 22.7 Å². The molecule has 1 N–H and O–H groups in total. The van der Waals surface area contributed by atoms with Gasteiger partial charge in [-0.2, -0.15) is 0 Å². The Labute approximate surface area is 273 Å². The molecule has 5 rings (SSSR count). The van der Waals surface area contributed by atoms with E-state index in [1.807, 2.05) is 77.8 Å². The molecule has 4 aromatic rings. The molecule has 1 saturated heterocycles. The highest BCUT2D eigenvalue weighted by molar-refractivity contribution is 5.97. The van der Waals surface area contributed by atoms with Gasteiger partial charge in [0.05, 0.1) is 12.1 Å². The maximum atomic E-state index is 13.5. The highest BCUT2D eigenvalue weighted by Gasteiger charge is 2.28. The van der Waals surface area contributed by atoms with E-state index in [-0.39, 0.29) is 17.2 Å². The molecule has 1 aliphatic rings. The Balaban J connectivity index is 1.25. The molecule has 2 heterocycles. The lowest BCUT2D eigenvalue weighted by Crippen LogP contribution is -2.49. The van der Waals surface area contributed by atoms with Crippen molar-refractivity contribution in [2.24, 2.45) is 0 Å². The van der Waals surface area contributed by atoms with E-state index in [0.717, 1.165) is 72.3 Å². The minimum atomic E-state index is -0.650. The van der Waals surface area contributed by atoms with Gasteiger partial charge in [0, 0.05) is 42.2 Å². The third kappa shape index (κ3) is 8.71. The Morgan fingerprint density at radius 1 is 0.913 bits per heavy atom. The summed E-state index contributed by atoms with van der Waals surface area (Å²) in [6, 6.07) is 20.9. The molecule has 0 radical (unpaired) electrons. The lowest BCUT2D eigenvalue weighted by Gasteiger charge is -2.24. The zero-order valence-electron chi connectivity index (χ0n) is 27.9. The number of rotatable bonds is 13. The fourth-order valence-corrected chi connectivity index (χ4v) is 5.88. The van der Waals surface area contributed by atoms with Crippen LogP contribution in [0.1, 0.15) is 94.1 Å². The van der Waals surface area contributed by atoms with Gasteiger partial charge >= 0.3 is 0 Å². The zero-order chi connectivity index (χ0) is 32.5. The molecule has 1 fully saturated rings. The number of carbonyl (C=O) groups is 2. The number of nitrogens with one attached hydrogen (secondary N) is 1. The first-order valence-electron chi connectivity index (χ1n) is 16.9. The van der Waals surface area contributed by atoms with Gasteiger partial charge in [0.25, 0.3) is 5.91 Å². The van der Waals surface area contributed by atoms with Crippen LogP contribution in [0.2, 0.25) is 0 Å². The second-order valence-electron chi connectivity index (χ2n) is 13.5. The summed E-state index contributed by atoms with van der Waals surface area (Å²) in [5.74, 6) is 1.22. The number of carbonyl (C=O) groups excluding carboxylic acids is 2. The molecule has 1 unspecified atom stereocenters. The first-order valence-corrected chi connectivity index (χ1v) is 16.9. The lowest BCUT2D eigenvalue weighted by molar-refractivity contribution is -0.132. The van der Waals surface area contributed by atoms with Gasteiger partial charge in [0.15, 0.2) is 5.82 Å². The SMILES string of the molecule is CCCCCCCOc1ccc2nc(-c3ccc(CC(NC(=O)c4ccc(C(C)(C)C)cc4)C(=O)N4CCCC4)cc3)ncc2c1. The van der Waals surface area contributed by atoms with Gasteiger partial charge in [-0.05, 0) is 66.1 Å². The molecule has 0 bridgehead atoms. The van der Waals surface area contributed by atoms with Crippen LogP contribution >= 0.6 is 0 Å². The van der Waals surface area contributed by atoms with Crippen molar-refractivity contribution in [1.29, 1.82) is 0 Å². The van der Waals surface area contributed by atoms with Crippen molar-refractivity contribution in [3.8, 4) is 17.1 Å². The summed E-state index contributed by atoms with van der Waals surface area (Å²) in [6.45, 7) is 10.8. The largest absolute Gasteiger partial charge is 0.494 e. The smallest absolute Gasteiger partial charge is 0.251 e. The summed E-state index contributed by atoms with van der Waals surface area (Å²) in [4.78, 5) is 38.1. The summed E-state index contributed by atoms with van der Waals surface area (Å²) >= 11 is 0. The van der Waals surface area contributed by atoms with Crippen LogP contribution in [0.3, 0.4) is 0 Å². The summed E-state index contributed by atoms with van der Waals surface area (Å²) in [5, 5.41) is 3.99. The van der Waals surface area contributed by atoms with Crippen molar-refractivity contribution in [2.75, 3.05) is 19.7 Å². The van der Waals surface area contributed by atoms with Crippen molar-refractivity contribution in [3.63, 3.8) is 0 Å². The zero-order valence-corrected chi connectivity index (χ0v) is 27.9. The van der Waals surface area contributed by atoms with Crippen molar-refractivity contribution in [3.05, 3.63) is 89.6 Å². The van der Waals surface area contributed by atoms with E-state index in [9.17, 15) is 9.59 Å². The summed E-state index contributed by atoms with van der Waals surface area (Å²) < 4.78 is 5.96. The number of benzene rings is 3. The van der Waals surface area contributed by atoms with E-state index in [2.05, 4.69) is 38.0 Å². The number of hydrogen-bond donors (Lipinski definition) is 1. The van der Waals surface area contributed by atoms with Crippen LogP contribution in [0.4, 0.5) is 0 Å². The summed E-state index contributed by atoms with van der Waals surface area (Å²) in [5.41, 5.74) is 4.42. The Bertz CT molecular complexity index is 1600. The van der Waals surface area contributed by atoms with Crippen LogP contribution in [-0.2, 0) is 16.6 Å². The highest BCUT2D eigenvalue weighted by Crippen LogP contribution is 2.25. The second kappa shape index (κ2) is 15.4. The Hall–Kier alpha value is -4.26. The number of amides is 2. The van der Waals surface area contributed by atoms with Gasteiger partial charge in [0.2, 0.25) is 5.91 Å². The molecule has 1 aliphatic heterocycles. The van der Waals surface area contributed by atoms with Crippen LogP contribution in [0.5, 0.6) is 5.75 Å². The molecule has 1 aromatic heterocycles. The maximum absolute atomic E-state index is 13.5. The van der Waals surface area contributed by atoms with Crippen LogP contribution in [0.25, 0.3) is 22.3 Å². The molecule has 2 amide bonds. The molecular formula is C39H48N4O3. The molecule has 1 atom stereocenters. The normalized spacial score (nSPS) is 14.0. The van der Waals surface area contributed by atoms with Gasteiger partial charge in [-0.3, -0.25) is 9.59 Å². The number of hydrogen-bond acceptors (Lipinski definition) is 5. The van der Waals surface area contributed by atoms with Crippen molar-refractivity contribution < 1.29 is 14.3 Å². The Morgan fingerprint density at radius 2 is 1.63 bits per heavy atom. The Morgan fingerprint density at radius 3 is 2.33 bits per heavy atom. The average Bonchev–Trinajstić information content (AvgIpc) is 3.61. The van der Waals surface area contributed by atoms with Crippen LogP contribution in [0.15, 0.2) is 72.9 Å². The van der Waals surface area contributed by atoms with Crippen LogP contribution in [0, 0.1) is 0 Å². The topological polar surface area (TPSA) is 84.4 Å². The maximum Gasteiger partial charge on any atom is 0.251 e. The fourth-order valence-electron chi connectivity index (χ4n) is 5.88. The van der Waals surface area contributed by atoms with E-state index in [0.29, 0.717) is 17.8 Å². The molecule has 7 nitrogen and oxygen atoms in total. The molecule has 46 heavy (non-hydrogen) atoms. The van der Waals surface area contributed by atoms with E-state index < -0.39 is 6.04 Å². The molecule has 3 aromatic carbocycles.